The molecule has 0 aromatic rings. The molecule has 2 aliphatic heterocycles. The van der Waals surface area contributed by atoms with Gasteiger partial charge in [-0.25, -0.2) is 0 Å². The van der Waals surface area contributed by atoms with E-state index in [2.05, 4.69) is 0 Å². The van der Waals surface area contributed by atoms with Gasteiger partial charge in [0.25, 0.3) is 0 Å². The molecule has 0 radical (unpaired) electrons. The van der Waals surface area contributed by atoms with Crippen molar-refractivity contribution in [2.75, 3.05) is 13.2 Å². The molecule has 6 heteroatoms. The smallest absolute Gasteiger partial charge is 0.309 e. The van der Waals surface area contributed by atoms with Crippen LogP contribution in [0.1, 0.15) is 32.6 Å². The van der Waals surface area contributed by atoms with Crippen molar-refractivity contribution in [1.29, 1.82) is 0 Å². The van der Waals surface area contributed by atoms with Gasteiger partial charge in [0.2, 0.25) is 0 Å². The summed E-state index contributed by atoms with van der Waals surface area (Å²) in [6.45, 7) is 3.03. The van der Waals surface area contributed by atoms with Crippen LogP contribution < -0.4 is 0 Å². The molecular formula is C16H22O6. The highest BCUT2D eigenvalue weighted by atomic mass is 16.7. The number of carbonyl (C=O) groups is 2. The van der Waals surface area contributed by atoms with E-state index in [4.69, 9.17) is 14.2 Å². The third-order valence-corrected chi connectivity index (χ3v) is 6.18. The summed E-state index contributed by atoms with van der Waals surface area (Å²) in [6, 6.07) is 0. The number of aliphatic carboxylic acids is 1. The van der Waals surface area contributed by atoms with Crippen molar-refractivity contribution in [3.8, 4) is 0 Å². The van der Waals surface area contributed by atoms with E-state index >= 15 is 0 Å². The van der Waals surface area contributed by atoms with Crippen molar-refractivity contribution in [1.82, 2.24) is 0 Å². The summed E-state index contributed by atoms with van der Waals surface area (Å²) < 4.78 is 16.9. The minimum absolute atomic E-state index is 0.0918. The van der Waals surface area contributed by atoms with Crippen molar-refractivity contribution in [3.63, 3.8) is 0 Å². The predicted octanol–water partition coefficient (Wildman–Crippen LogP) is 1.43. The number of carbonyl (C=O) groups excluding carboxylic acids is 1. The molecule has 4 fully saturated rings. The van der Waals surface area contributed by atoms with Crippen LogP contribution in [0.25, 0.3) is 0 Å². The molecule has 0 aromatic heterocycles. The molecule has 1 spiro atoms. The van der Waals surface area contributed by atoms with Crippen molar-refractivity contribution in [2.45, 2.75) is 44.5 Å². The molecule has 0 aromatic carbocycles. The largest absolute Gasteiger partial charge is 0.481 e. The van der Waals surface area contributed by atoms with Crippen LogP contribution >= 0.6 is 0 Å². The normalized spacial score (nSPS) is 46.1. The monoisotopic (exact) mass is 310 g/mol. The van der Waals surface area contributed by atoms with E-state index in [1.54, 1.807) is 0 Å². The predicted molar refractivity (Wildman–Crippen MR) is 73.7 cm³/mol. The first-order chi connectivity index (χ1) is 10.5. The Labute approximate surface area is 129 Å². The van der Waals surface area contributed by atoms with Crippen molar-refractivity contribution >= 4 is 11.9 Å². The second-order valence-corrected chi connectivity index (χ2v) is 7.20. The highest BCUT2D eigenvalue weighted by Crippen LogP contribution is 2.55. The maximum Gasteiger partial charge on any atom is 0.309 e. The Hall–Kier alpha value is -1.14. The number of rotatable bonds is 1. The Bertz CT molecular complexity index is 497. The highest BCUT2D eigenvalue weighted by molar-refractivity contribution is 5.79. The van der Waals surface area contributed by atoms with E-state index in [9.17, 15) is 14.7 Å². The van der Waals surface area contributed by atoms with Crippen LogP contribution in [0.15, 0.2) is 0 Å². The minimum Gasteiger partial charge on any atom is -0.481 e. The van der Waals surface area contributed by atoms with Crippen LogP contribution in [0.5, 0.6) is 0 Å². The lowest BCUT2D eigenvalue weighted by Gasteiger charge is -2.48. The maximum atomic E-state index is 12.1. The lowest BCUT2D eigenvalue weighted by molar-refractivity contribution is -0.209. The lowest BCUT2D eigenvalue weighted by Crippen LogP contribution is -2.51. The molecule has 2 aliphatic carbocycles. The number of carboxylic acid groups (broad SMARTS) is 1. The number of carboxylic acids is 1. The molecule has 1 N–H and O–H groups in total. The zero-order valence-corrected chi connectivity index (χ0v) is 12.7. The summed E-state index contributed by atoms with van der Waals surface area (Å²) in [5.74, 6) is -2.27. The average molecular weight is 310 g/mol. The summed E-state index contributed by atoms with van der Waals surface area (Å²) >= 11 is 0. The van der Waals surface area contributed by atoms with Gasteiger partial charge in [0, 0.05) is 18.8 Å². The van der Waals surface area contributed by atoms with E-state index in [0.717, 1.165) is 12.8 Å². The molecule has 4 aliphatic rings. The van der Waals surface area contributed by atoms with Gasteiger partial charge in [0.15, 0.2) is 5.79 Å². The minimum atomic E-state index is -0.793. The number of cyclic esters (lactones) is 1. The number of ether oxygens (including phenoxy) is 3. The average Bonchev–Trinajstić information content (AvgIpc) is 3.02. The fourth-order valence-corrected chi connectivity index (χ4v) is 5.35. The lowest BCUT2D eigenvalue weighted by atomic mass is 9.56. The molecule has 2 saturated heterocycles. The Morgan fingerprint density at radius 2 is 2.05 bits per heavy atom. The van der Waals surface area contributed by atoms with Gasteiger partial charge in [-0.05, 0) is 31.6 Å². The fraction of sp³-hybridized carbons (Fsp3) is 0.875. The number of hydrogen-bond donors (Lipinski definition) is 1. The Balaban J connectivity index is 1.63. The first kappa shape index (κ1) is 14.5. The van der Waals surface area contributed by atoms with Crippen LogP contribution in [0.4, 0.5) is 0 Å². The number of hydrogen-bond acceptors (Lipinski definition) is 5. The summed E-state index contributed by atoms with van der Waals surface area (Å²) in [5.41, 5.74) is 0. The molecule has 6 atom stereocenters. The summed E-state index contributed by atoms with van der Waals surface area (Å²) in [7, 11) is 0. The molecule has 6 nitrogen and oxygen atoms in total. The van der Waals surface area contributed by atoms with E-state index in [0.29, 0.717) is 26.1 Å². The second kappa shape index (κ2) is 4.93. The van der Waals surface area contributed by atoms with Crippen LogP contribution in [-0.2, 0) is 23.8 Å². The molecule has 0 amide bonds. The van der Waals surface area contributed by atoms with Gasteiger partial charge in [-0.2, -0.15) is 0 Å². The topological polar surface area (TPSA) is 82.1 Å². The molecule has 22 heavy (non-hydrogen) atoms. The van der Waals surface area contributed by atoms with E-state index in [1.807, 2.05) is 6.92 Å². The molecule has 0 bridgehead atoms. The summed E-state index contributed by atoms with van der Waals surface area (Å²) in [5, 5.41) is 9.76. The van der Waals surface area contributed by atoms with E-state index < -0.39 is 17.7 Å². The van der Waals surface area contributed by atoms with Crippen LogP contribution in [0.2, 0.25) is 0 Å². The first-order valence-electron chi connectivity index (χ1n) is 8.22. The van der Waals surface area contributed by atoms with E-state index in [-0.39, 0.29) is 35.7 Å². The third kappa shape index (κ3) is 2.00. The zero-order valence-electron chi connectivity index (χ0n) is 12.7. The van der Waals surface area contributed by atoms with Gasteiger partial charge < -0.3 is 19.3 Å². The van der Waals surface area contributed by atoms with Gasteiger partial charge in [-0.15, -0.1) is 0 Å². The summed E-state index contributed by atoms with van der Waals surface area (Å²) in [6.07, 6.45) is 2.64. The molecular weight excluding hydrogens is 288 g/mol. The molecule has 2 heterocycles. The molecule has 4 rings (SSSR count). The van der Waals surface area contributed by atoms with Crippen LogP contribution in [0, 0.1) is 29.6 Å². The quantitative estimate of drug-likeness (QED) is 0.738. The standard InChI is InChI=1S/C16H22O6/c1-8-12-11(15(19)22-8)6-9-7-16(20-4-5-21-16)3-2-10(9)13(12)14(17)18/h8-13H,2-7H2,1H3,(H,17,18)/t8-,9-,10?,11-,12-,13+/m1/s1. The van der Waals surface area contributed by atoms with Gasteiger partial charge in [0.05, 0.1) is 25.0 Å². The second-order valence-electron chi connectivity index (χ2n) is 7.20. The number of fused-ring (bicyclic) bond motifs is 2. The van der Waals surface area contributed by atoms with Gasteiger partial charge in [-0.3, -0.25) is 9.59 Å². The SMILES string of the molecule is C[C@H]1OC(=O)[C@@H]2C[C@@H]3CC4(CCC3[C@H](C(=O)O)[C@H]12)OCCO4. The zero-order chi connectivity index (χ0) is 15.5. The van der Waals surface area contributed by atoms with Crippen molar-refractivity contribution in [2.24, 2.45) is 29.6 Å². The fourth-order valence-electron chi connectivity index (χ4n) is 5.35. The Kier molecular flexibility index (Phi) is 3.24. The molecule has 122 valence electrons. The van der Waals surface area contributed by atoms with Gasteiger partial charge in [0.1, 0.15) is 6.10 Å². The number of esters is 1. The highest BCUT2D eigenvalue weighted by Gasteiger charge is 2.60. The van der Waals surface area contributed by atoms with Crippen molar-refractivity contribution < 1.29 is 28.9 Å². The Morgan fingerprint density at radius 1 is 1.32 bits per heavy atom. The Morgan fingerprint density at radius 3 is 2.73 bits per heavy atom. The van der Waals surface area contributed by atoms with E-state index in [1.165, 1.54) is 0 Å². The van der Waals surface area contributed by atoms with Crippen molar-refractivity contribution in [3.05, 3.63) is 0 Å². The van der Waals surface area contributed by atoms with Gasteiger partial charge in [-0.1, -0.05) is 0 Å². The molecule has 1 unspecified atom stereocenters. The van der Waals surface area contributed by atoms with Crippen LogP contribution in [-0.4, -0.2) is 42.1 Å². The van der Waals surface area contributed by atoms with Gasteiger partial charge >= 0.3 is 11.9 Å². The van der Waals surface area contributed by atoms with Crippen LogP contribution in [0.3, 0.4) is 0 Å². The molecule has 2 saturated carbocycles. The first-order valence-corrected chi connectivity index (χ1v) is 8.22. The summed E-state index contributed by atoms with van der Waals surface area (Å²) in [4.78, 5) is 24.0. The maximum absolute atomic E-state index is 12.1. The third-order valence-electron chi connectivity index (χ3n) is 6.18.